The average molecular weight is 421 g/mol. The Morgan fingerprint density at radius 2 is 1.77 bits per heavy atom. The van der Waals surface area contributed by atoms with Crippen molar-refractivity contribution < 1.29 is 13.9 Å². The largest absolute Gasteiger partial charge is 0.445 e. The smallest absolute Gasteiger partial charge is 0.407 e. The van der Waals surface area contributed by atoms with Crippen LogP contribution in [-0.4, -0.2) is 36.7 Å². The predicted molar refractivity (Wildman–Crippen MR) is 117 cm³/mol. The first-order valence-corrected chi connectivity index (χ1v) is 11.7. The molecule has 5 heteroatoms. The fraction of sp³-hybridized carbons (Fsp3) is 0.500. The van der Waals surface area contributed by atoms with E-state index < -0.39 is 0 Å². The lowest BCUT2D eigenvalue weighted by Gasteiger charge is -2.44. The van der Waals surface area contributed by atoms with Crippen molar-refractivity contribution in [2.75, 3.05) is 19.6 Å². The number of alkyl carbamates (subject to hydrolysis) is 1. The summed E-state index contributed by atoms with van der Waals surface area (Å²) in [4.78, 5) is 15.3. The Balaban J connectivity index is 1.22. The Morgan fingerprint density at radius 3 is 2.45 bits per heavy atom. The Hall–Kier alpha value is -2.40. The number of hydrogen-bond acceptors (Lipinski definition) is 3. The molecule has 2 aromatic rings. The van der Waals surface area contributed by atoms with Crippen LogP contribution < -0.4 is 5.32 Å². The van der Waals surface area contributed by atoms with Crippen LogP contribution in [0.5, 0.6) is 0 Å². The molecule has 2 atom stereocenters. The molecule has 2 bridgehead atoms. The molecule has 1 spiro atoms. The molecule has 1 unspecified atom stereocenters. The Kier molecular flexibility index (Phi) is 4.57. The van der Waals surface area contributed by atoms with Gasteiger partial charge in [-0.05, 0) is 97.3 Å². The lowest BCUT2D eigenvalue weighted by Crippen LogP contribution is -2.53. The highest BCUT2D eigenvalue weighted by Gasteiger charge is 2.53. The zero-order chi connectivity index (χ0) is 21.0. The van der Waals surface area contributed by atoms with E-state index in [1.807, 2.05) is 12.1 Å². The monoisotopic (exact) mass is 420 g/mol. The van der Waals surface area contributed by atoms with Gasteiger partial charge in [-0.25, -0.2) is 9.18 Å². The van der Waals surface area contributed by atoms with Crippen molar-refractivity contribution in [3.05, 3.63) is 59.4 Å². The van der Waals surface area contributed by atoms with Crippen molar-refractivity contribution in [2.24, 2.45) is 11.3 Å². The number of nitrogens with zero attached hydrogens (tertiary/aromatic N) is 1. The van der Waals surface area contributed by atoms with Crippen molar-refractivity contribution in [1.82, 2.24) is 10.2 Å². The van der Waals surface area contributed by atoms with E-state index in [-0.39, 0.29) is 29.5 Å². The number of carbonyl (C=O) groups is 1. The highest BCUT2D eigenvalue weighted by Crippen LogP contribution is 2.61. The number of benzene rings is 2. The van der Waals surface area contributed by atoms with E-state index in [0.717, 1.165) is 69.3 Å². The summed E-state index contributed by atoms with van der Waals surface area (Å²) in [6.45, 7) is 3.16. The number of piperidine rings is 3. The van der Waals surface area contributed by atoms with Crippen LogP contribution in [0.15, 0.2) is 42.5 Å². The van der Waals surface area contributed by atoms with Gasteiger partial charge in [-0.15, -0.1) is 0 Å². The average Bonchev–Trinajstić information content (AvgIpc) is 3.57. The second-order valence-electron chi connectivity index (χ2n) is 9.94. The maximum absolute atomic E-state index is 13.3. The zero-order valence-corrected chi connectivity index (χ0v) is 17.8. The number of rotatable bonds is 3. The quantitative estimate of drug-likeness (QED) is 0.753. The number of hydrogen-bond donors (Lipinski definition) is 1. The number of amides is 1. The molecule has 31 heavy (non-hydrogen) atoms. The van der Waals surface area contributed by atoms with E-state index in [1.54, 1.807) is 0 Å². The Bertz CT molecular complexity index is 993. The molecule has 2 aromatic carbocycles. The van der Waals surface area contributed by atoms with Crippen LogP contribution in [0.4, 0.5) is 9.18 Å². The fourth-order valence-corrected chi connectivity index (χ4v) is 6.05. The summed E-state index contributed by atoms with van der Waals surface area (Å²) in [5.74, 6) is 0.297. The third-order valence-corrected chi connectivity index (χ3v) is 8.15. The third kappa shape index (κ3) is 3.53. The molecule has 162 valence electrons. The van der Waals surface area contributed by atoms with Crippen LogP contribution in [-0.2, 0) is 11.2 Å². The maximum Gasteiger partial charge on any atom is 0.407 e. The summed E-state index contributed by atoms with van der Waals surface area (Å²) in [5, 5.41) is 3.27. The van der Waals surface area contributed by atoms with Crippen LogP contribution in [0.25, 0.3) is 11.1 Å². The molecular weight excluding hydrogens is 391 g/mol. The van der Waals surface area contributed by atoms with E-state index in [2.05, 4.69) is 28.4 Å². The van der Waals surface area contributed by atoms with Crippen LogP contribution in [0.3, 0.4) is 0 Å². The molecule has 1 saturated carbocycles. The van der Waals surface area contributed by atoms with Crippen molar-refractivity contribution in [2.45, 2.75) is 50.7 Å². The molecule has 3 heterocycles. The van der Waals surface area contributed by atoms with Gasteiger partial charge in [-0.2, -0.15) is 0 Å². The third-order valence-electron chi connectivity index (χ3n) is 8.15. The van der Waals surface area contributed by atoms with Gasteiger partial charge in [0.05, 0.1) is 6.04 Å². The lowest BCUT2D eigenvalue weighted by molar-refractivity contribution is -0.0347. The van der Waals surface area contributed by atoms with E-state index in [1.165, 1.54) is 23.3 Å². The first-order valence-electron chi connectivity index (χ1n) is 11.7. The van der Waals surface area contributed by atoms with Crippen LogP contribution in [0, 0.1) is 17.2 Å². The minimum atomic E-state index is -0.259. The minimum Gasteiger partial charge on any atom is -0.445 e. The van der Waals surface area contributed by atoms with Gasteiger partial charge in [0, 0.05) is 6.54 Å². The molecule has 3 aliphatic heterocycles. The Labute approximate surface area is 182 Å². The summed E-state index contributed by atoms with van der Waals surface area (Å²) in [7, 11) is 0. The van der Waals surface area contributed by atoms with Crippen LogP contribution in [0.1, 0.15) is 49.3 Å². The second kappa shape index (κ2) is 7.33. The van der Waals surface area contributed by atoms with E-state index in [0.29, 0.717) is 5.92 Å². The van der Waals surface area contributed by atoms with Crippen molar-refractivity contribution in [1.29, 1.82) is 0 Å². The molecule has 1 N–H and O–H groups in total. The van der Waals surface area contributed by atoms with Crippen molar-refractivity contribution in [3.8, 4) is 11.1 Å². The number of carbonyl (C=O) groups excluding carboxylic acids is 1. The minimum absolute atomic E-state index is 0.0205. The summed E-state index contributed by atoms with van der Waals surface area (Å²) >= 11 is 0. The first-order chi connectivity index (χ1) is 15.1. The first kappa shape index (κ1) is 19.3. The van der Waals surface area contributed by atoms with Gasteiger partial charge < -0.3 is 10.1 Å². The maximum atomic E-state index is 13.3. The van der Waals surface area contributed by atoms with Crippen molar-refractivity contribution >= 4 is 6.09 Å². The molecule has 4 fully saturated rings. The van der Waals surface area contributed by atoms with Gasteiger partial charge in [0.1, 0.15) is 11.9 Å². The fourth-order valence-electron chi connectivity index (χ4n) is 6.05. The number of aryl methyl sites for hydroxylation is 1. The van der Waals surface area contributed by atoms with E-state index >= 15 is 0 Å². The summed E-state index contributed by atoms with van der Waals surface area (Å²) in [6, 6.07) is 13.1. The van der Waals surface area contributed by atoms with E-state index in [9.17, 15) is 9.18 Å². The van der Waals surface area contributed by atoms with Crippen LogP contribution >= 0.6 is 0 Å². The molecule has 4 nitrogen and oxygen atoms in total. The van der Waals surface area contributed by atoms with Gasteiger partial charge in [0.2, 0.25) is 0 Å². The summed E-state index contributed by atoms with van der Waals surface area (Å²) < 4.78 is 19.2. The zero-order valence-electron chi connectivity index (χ0n) is 17.8. The normalized spacial score (nSPS) is 30.0. The molecule has 0 radical (unpaired) electrons. The van der Waals surface area contributed by atoms with E-state index in [4.69, 9.17) is 4.74 Å². The topological polar surface area (TPSA) is 41.6 Å². The highest BCUT2D eigenvalue weighted by molar-refractivity contribution is 5.70. The summed E-state index contributed by atoms with van der Waals surface area (Å²) in [5.41, 5.74) is 4.81. The highest BCUT2D eigenvalue weighted by atomic mass is 19.1. The molecule has 2 aliphatic carbocycles. The SMILES string of the molecule is O=C(NC1c2ccc(-c3ccc(F)cc3)cc2CCC12CC2)O[C@H]1CN2CCC1CC2. The molecular formula is C26H29FN2O2. The van der Waals surface area contributed by atoms with Crippen LogP contribution in [0.2, 0.25) is 0 Å². The molecule has 3 saturated heterocycles. The number of ether oxygens (including phenoxy) is 1. The van der Waals surface area contributed by atoms with Gasteiger partial charge in [-0.1, -0.05) is 30.3 Å². The molecule has 0 aromatic heterocycles. The van der Waals surface area contributed by atoms with Gasteiger partial charge in [0.15, 0.2) is 0 Å². The number of fused-ring (bicyclic) bond motifs is 4. The Morgan fingerprint density at radius 1 is 1.03 bits per heavy atom. The predicted octanol–water partition coefficient (Wildman–Crippen LogP) is 5.08. The number of nitrogens with one attached hydrogen (secondary N) is 1. The van der Waals surface area contributed by atoms with Gasteiger partial charge >= 0.3 is 6.09 Å². The van der Waals surface area contributed by atoms with Gasteiger partial charge in [-0.3, -0.25) is 4.90 Å². The molecule has 7 rings (SSSR count). The summed E-state index contributed by atoms with van der Waals surface area (Å²) in [6.07, 6.45) is 6.50. The standard InChI is InChI=1S/C26H29FN2O2/c27-21-4-1-17(2-5-21)19-3-6-22-20(15-19)7-10-26(11-12-26)24(22)28-25(30)31-23-16-29-13-8-18(23)9-14-29/h1-6,15,18,23-24H,7-14,16H2,(H,28,30)/t23-,24?/m0/s1. The number of halogens is 1. The second-order valence-corrected chi connectivity index (χ2v) is 9.94. The lowest BCUT2D eigenvalue weighted by atomic mass is 9.76. The molecule has 1 amide bonds. The molecule has 5 aliphatic rings. The van der Waals surface area contributed by atoms with Crippen molar-refractivity contribution in [3.63, 3.8) is 0 Å². The van der Waals surface area contributed by atoms with Gasteiger partial charge in [0.25, 0.3) is 0 Å².